The summed E-state index contributed by atoms with van der Waals surface area (Å²) in [6.07, 6.45) is 4.57. The average Bonchev–Trinajstić information content (AvgIpc) is 2.55. The Morgan fingerprint density at radius 1 is 1.27 bits per heavy atom. The molecule has 1 saturated heterocycles. The minimum Gasteiger partial charge on any atom is -0.368 e. The zero-order chi connectivity index (χ0) is 15.5. The molecule has 0 unspecified atom stereocenters. The van der Waals surface area contributed by atoms with Crippen LogP contribution < -0.4 is 0 Å². The molecule has 22 heavy (non-hydrogen) atoms. The molecule has 7 heteroatoms. The molecule has 0 radical (unpaired) electrons. The molecule has 3 rings (SSSR count). The molecule has 1 fully saturated rings. The normalized spacial score (nSPS) is 18.3. The molecule has 0 spiro atoms. The zero-order valence-corrected chi connectivity index (χ0v) is 12.6. The van der Waals surface area contributed by atoms with Crippen molar-refractivity contribution in [1.82, 2.24) is 24.8 Å². The highest BCUT2D eigenvalue weighted by Gasteiger charge is 2.27. The van der Waals surface area contributed by atoms with E-state index in [-0.39, 0.29) is 12.0 Å². The van der Waals surface area contributed by atoms with E-state index < -0.39 is 0 Å². The Morgan fingerprint density at radius 3 is 2.86 bits per heavy atom. The Hall–Kier alpha value is -2.41. The molecule has 0 aromatic carbocycles. The van der Waals surface area contributed by atoms with Crippen molar-refractivity contribution < 1.29 is 9.53 Å². The van der Waals surface area contributed by atoms with Gasteiger partial charge in [-0.05, 0) is 19.9 Å². The summed E-state index contributed by atoms with van der Waals surface area (Å²) in [5.74, 6) is 0.556. The number of carbonyl (C=O) groups is 1. The molecular formula is C15H17N5O2. The van der Waals surface area contributed by atoms with Gasteiger partial charge in [-0.15, -0.1) is 0 Å². The first-order valence-corrected chi connectivity index (χ1v) is 7.12. The van der Waals surface area contributed by atoms with Crippen molar-refractivity contribution in [2.24, 2.45) is 0 Å². The van der Waals surface area contributed by atoms with Gasteiger partial charge in [0.25, 0.3) is 5.91 Å². The molecule has 1 atom stereocenters. The maximum absolute atomic E-state index is 12.5. The molecule has 7 nitrogen and oxygen atoms in total. The Labute approximate surface area is 128 Å². The van der Waals surface area contributed by atoms with Crippen molar-refractivity contribution in [2.75, 3.05) is 19.7 Å². The van der Waals surface area contributed by atoms with Crippen LogP contribution in [0, 0.1) is 13.8 Å². The Balaban J connectivity index is 1.75. The fraction of sp³-hybridized carbons (Fsp3) is 0.400. The van der Waals surface area contributed by atoms with Crippen LogP contribution in [0.1, 0.15) is 33.8 Å². The van der Waals surface area contributed by atoms with Gasteiger partial charge in [-0.2, -0.15) is 0 Å². The van der Waals surface area contributed by atoms with E-state index in [2.05, 4.69) is 19.9 Å². The highest BCUT2D eigenvalue weighted by molar-refractivity contribution is 5.92. The molecule has 1 amide bonds. The van der Waals surface area contributed by atoms with Gasteiger partial charge in [-0.3, -0.25) is 9.78 Å². The highest BCUT2D eigenvalue weighted by Crippen LogP contribution is 2.21. The number of morpholine rings is 1. The van der Waals surface area contributed by atoms with Crippen molar-refractivity contribution in [1.29, 1.82) is 0 Å². The molecule has 2 aromatic rings. The van der Waals surface area contributed by atoms with E-state index in [0.717, 1.165) is 11.4 Å². The van der Waals surface area contributed by atoms with E-state index in [1.54, 1.807) is 17.3 Å². The second kappa shape index (κ2) is 6.15. The minimum absolute atomic E-state index is 0.133. The number of rotatable bonds is 2. The summed E-state index contributed by atoms with van der Waals surface area (Å²) in [6.45, 7) is 5.12. The van der Waals surface area contributed by atoms with Gasteiger partial charge >= 0.3 is 0 Å². The Morgan fingerprint density at radius 2 is 2.14 bits per heavy atom. The van der Waals surface area contributed by atoms with E-state index in [4.69, 9.17) is 4.74 Å². The lowest BCUT2D eigenvalue weighted by atomic mass is 10.2. The van der Waals surface area contributed by atoms with Crippen molar-refractivity contribution in [3.63, 3.8) is 0 Å². The van der Waals surface area contributed by atoms with E-state index in [1.165, 1.54) is 6.20 Å². The monoisotopic (exact) mass is 299 g/mol. The molecule has 0 bridgehead atoms. The second-order valence-electron chi connectivity index (χ2n) is 5.18. The largest absolute Gasteiger partial charge is 0.368 e. The number of amides is 1. The molecule has 3 heterocycles. The lowest BCUT2D eigenvalue weighted by Crippen LogP contribution is -2.42. The molecule has 1 aliphatic heterocycles. The zero-order valence-electron chi connectivity index (χ0n) is 12.6. The number of aromatic nitrogens is 4. The van der Waals surface area contributed by atoms with Gasteiger partial charge < -0.3 is 9.64 Å². The van der Waals surface area contributed by atoms with Crippen LogP contribution in [0.25, 0.3) is 0 Å². The van der Waals surface area contributed by atoms with Crippen molar-refractivity contribution in [3.8, 4) is 0 Å². The van der Waals surface area contributed by atoms with Gasteiger partial charge in [0.15, 0.2) is 0 Å². The summed E-state index contributed by atoms with van der Waals surface area (Å²) in [5, 5.41) is 0. The van der Waals surface area contributed by atoms with Crippen LogP contribution in [0.5, 0.6) is 0 Å². The van der Waals surface area contributed by atoms with Crippen molar-refractivity contribution in [3.05, 3.63) is 47.6 Å². The smallest absolute Gasteiger partial charge is 0.274 e. The van der Waals surface area contributed by atoms with Crippen LogP contribution in [0.2, 0.25) is 0 Å². The molecule has 2 aromatic heterocycles. The fourth-order valence-corrected chi connectivity index (χ4v) is 2.33. The van der Waals surface area contributed by atoms with Crippen LogP contribution in [-0.2, 0) is 4.74 Å². The van der Waals surface area contributed by atoms with E-state index in [0.29, 0.717) is 31.2 Å². The molecule has 114 valence electrons. The predicted molar refractivity (Wildman–Crippen MR) is 78.1 cm³/mol. The van der Waals surface area contributed by atoms with Gasteiger partial charge in [-0.25, -0.2) is 15.0 Å². The molecule has 0 saturated carbocycles. The first-order valence-electron chi connectivity index (χ1n) is 7.12. The number of hydrogen-bond donors (Lipinski definition) is 0. The highest BCUT2D eigenvalue weighted by atomic mass is 16.5. The number of hydrogen-bond acceptors (Lipinski definition) is 6. The second-order valence-corrected chi connectivity index (χ2v) is 5.18. The summed E-state index contributed by atoms with van der Waals surface area (Å²) in [5.41, 5.74) is 1.93. The quantitative estimate of drug-likeness (QED) is 0.826. The summed E-state index contributed by atoms with van der Waals surface area (Å²) in [6, 6.07) is 1.82. The van der Waals surface area contributed by atoms with Crippen molar-refractivity contribution >= 4 is 5.91 Å². The van der Waals surface area contributed by atoms with Crippen LogP contribution >= 0.6 is 0 Å². The van der Waals surface area contributed by atoms with Gasteiger partial charge in [0.05, 0.1) is 30.7 Å². The predicted octanol–water partition coefficient (Wildman–Crippen LogP) is 1.10. The Kier molecular flexibility index (Phi) is 4.06. The van der Waals surface area contributed by atoms with Gasteiger partial charge in [0.2, 0.25) is 0 Å². The minimum atomic E-state index is -0.238. The first kappa shape index (κ1) is 14.5. The van der Waals surface area contributed by atoms with E-state index in [9.17, 15) is 4.79 Å². The summed E-state index contributed by atoms with van der Waals surface area (Å²) in [7, 11) is 0. The lowest BCUT2D eigenvalue weighted by molar-refractivity contribution is -0.0250. The summed E-state index contributed by atoms with van der Waals surface area (Å²) in [4.78, 5) is 30.9. The third-order valence-electron chi connectivity index (χ3n) is 3.48. The number of aryl methyl sites for hydroxylation is 2. The number of carbonyl (C=O) groups excluding carboxylic acids is 1. The first-order chi connectivity index (χ1) is 10.6. The summed E-state index contributed by atoms with van der Waals surface area (Å²) >= 11 is 0. The third-order valence-corrected chi connectivity index (χ3v) is 3.48. The van der Waals surface area contributed by atoms with E-state index in [1.807, 2.05) is 19.9 Å². The third kappa shape index (κ3) is 3.09. The standard InChI is InChI=1S/C15H17N5O2/c1-10-7-18-13(8-17-10)15(21)20-5-6-22-14(9-20)12-3-4-16-11(2)19-12/h3-4,7-8,14H,5-6,9H2,1-2H3/t14-/m0/s1. The topological polar surface area (TPSA) is 81.1 Å². The van der Waals surface area contributed by atoms with Gasteiger partial charge in [0.1, 0.15) is 17.6 Å². The Bertz CT molecular complexity index is 674. The lowest BCUT2D eigenvalue weighted by Gasteiger charge is -2.32. The van der Waals surface area contributed by atoms with E-state index >= 15 is 0 Å². The van der Waals surface area contributed by atoms with Gasteiger partial charge in [0, 0.05) is 18.9 Å². The number of nitrogens with zero attached hydrogens (tertiary/aromatic N) is 5. The number of ether oxygens (including phenoxy) is 1. The molecule has 0 aliphatic carbocycles. The van der Waals surface area contributed by atoms with Crippen molar-refractivity contribution in [2.45, 2.75) is 20.0 Å². The molecule has 1 aliphatic rings. The summed E-state index contributed by atoms with van der Waals surface area (Å²) < 4.78 is 5.73. The van der Waals surface area contributed by atoms with Gasteiger partial charge in [-0.1, -0.05) is 0 Å². The fourth-order valence-electron chi connectivity index (χ4n) is 2.33. The average molecular weight is 299 g/mol. The van der Waals surface area contributed by atoms with Crippen LogP contribution in [0.3, 0.4) is 0 Å². The molecular weight excluding hydrogens is 282 g/mol. The van der Waals surface area contributed by atoms with Crippen LogP contribution in [0.4, 0.5) is 0 Å². The maximum Gasteiger partial charge on any atom is 0.274 e. The maximum atomic E-state index is 12.5. The van der Waals surface area contributed by atoms with Crippen LogP contribution in [-0.4, -0.2) is 50.4 Å². The van der Waals surface area contributed by atoms with Crippen LogP contribution in [0.15, 0.2) is 24.7 Å². The SMILES string of the molecule is Cc1cnc(C(=O)N2CCO[C@H](c3ccnc(C)n3)C2)cn1. The molecule has 0 N–H and O–H groups in total.